The molecule has 0 fully saturated rings. The highest BCUT2D eigenvalue weighted by molar-refractivity contribution is 6.30. The van der Waals surface area contributed by atoms with Gasteiger partial charge in [-0.2, -0.15) is 0 Å². The zero-order valence-corrected chi connectivity index (χ0v) is 20.1. The van der Waals surface area contributed by atoms with Crippen molar-refractivity contribution in [2.75, 3.05) is 0 Å². The molecule has 6 nitrogen and oxygen atoms in total. The second-order valence-corrected chi connectivity index (χ2v) is 9.76. The molecule has 1 heterocycles. The zero-order chi connectivity index (χ0) is 24.3. The zero-order valence-electron chi connectivity index (χ0n) is 19.4. The highest BCUT2D eigenvalue weighted by Gasteiger charge is 2.36. The fraction of sp³-hybridized carbons (Fsp3) is 0.400. The van der Waals surface area contributed by atoms with Crippen LogP contribution in [0.25, 0.3) is 0 Å². The quantitative estimate of drug-likeness (QED) is 0.605. The van der Waals surface area contributed by atoms with Crippen molar-refractivity contribution in [1.29, 1.82) is 0 Å². The number of nitrogens with zero attached hydrogens (tertiary/aromatic N) is 2. The third-order valence-corrected chi connectivity index (χ3v) is 5.83. The minimum atomic E-state index is -0.572. The number of rotatable bonds is 7. The standard InChI is InChI=1S/C25H30ClFN4O2/c1-15(2)12-25(4)13-22(32)31(24(28)30-25)14-17-8-19(11-21(27)9-17)23(33)29-16(3)18-6-5-7-20(26)10-18/h5-11,15-16H,12-14H2,1-4H3,(H2,28,30)(H,29,33)/t16-,25+/m0/s1. The minimum absolute atomic E-state index is 0.0355. The molecule has 8 heteroatoms. The van der Waals surface area contributed by atoms with E-state index in [1.54, 1.807) is 24.3 Å². The first kappa shape index (κ1) is 24.7. The van der Waals surface area contributed by atoms with Crippen LogP contribution >= 0.6 is 11.6 Å². The van der Waals surface area contributed by atoms with Gasteiger partial charge in [0, 0.05) is 10.6 Å². The number of carbonyl (C=O) groups excluding carboxylic acids is 2. The molecule has 1 aliphatic heterocycles. The van der Waals surface area contributed by atoms with Gasteiger partial charge in [-0.25, -0.2) is 9.38 Å². The summed E-state index contributed by atoms with van der Waals surface area (Å²) in [7, 11) is 0. The van der Waals surface area contributed by atoms with Crippen LogP contribution in [0.2, 0.25) is 5.02 Å². The minimum Gasteiger partial charge on any atom is -0.369 e. The molecule has 0 aliphatic carbocycles. The summed E-state index contributed by atoms with van der Waals surface area (Å²) in [6, 6.07) is 10.9. The monoisotopic (exact) mass is 472 g/mol. The molecule has 0 saturated carbocycles. The van der Waals surface area contributed by atoms with Crippen LogP contribution in [-0.2, 0) is 11.3 Å². The number of guanidine groups is 1. The van der Waals surface area contributed by atoms with Crippen LogP contribution in [-0.4, -0.2) is 28.2 Å². The van der Waals surface area contributed by atoms with E-state index in [1.807, 2.05) is 19.9 Å². The maximum absolute atomic E-state index is 14.4. The summed E-state index contributed by atoms with van der Waals surface area (Å²) in [5.74, 6) is -0.698. The first-order chi connectivity index (χ1) is 15.5. The summed E-state index contributed by atoms with van der Waals surface area (Å²) >= 11 is 6.03. The lowest BCUT2D eigenvalue weighted by molar-refractivity contribution is -0.130. The van der Waals surface area contributed by atoms with E-state index in [2.05, 4.69) is 24.2 Å². The molecule has 2 atom stereocenters. The second-order valence-electron chi connectivity index (χ2n) is 9.32. The van der Waals surface area contributed by atoms with Crippen LogP contribution in [0.4, 0.5) is 4.39 Å². The Hall–Kier alpha value is -2.93. The van der Waals surface area contributed by atoms with Crippen LogP contribution in [0.3, 0.4) is 0 Å². The highest BCUT2D eigenvalue weighted by Crippen LogP contribution is 2.30. The van der Waals surface area contributed by atoms with Crippen molar-refractivity contribution >= 4 is 29.4 Å². The van der Waals surface area contributed by atoms with Gasteiger partial charge < -0.3 is 11.1 Å². The third kappa shape index (κ3) is 6.32. The van der Waals surface area contributed by atoms with Gasteiger partial charge in [0.05, 0.1) is 24.5 Å². The fourth-order valence-electron chi connectivity index (χ4n) is 4.29. The van der Waals surface area contributed by atoms with Gasteiger partial charge in [-0.3, -0.25) is 14.5 Å². The van der Waals surface area contributed by atoms with Crippen molar-refractivity contribution in [1.82, 2.24) is 10.2 Å². The molecule has 2 amide bonds. The summed E-state index contributed by atoms with van der Waals surface area (Å²) in [5.41, 5.74) is 7.01. The average Bonchev–Trinajstić information content (AvgIpc) is 2.69. The number of amides is 2. The highest BCUT2D eigenvalue weighted by atomic mass is 35.5. The van der Waals surface area contributed by atoms with E-state index in [0.29, 0.717) is 16.5 Å². The normalized spacial score (nSPS) is 19.4. The number of hydrogen-bond donors (Lipinski definition) is 2. The number of hydrogen-bond acceptors (Lipinski definition) is 4. The first-order valence-corrected chi connectivity index (χ1v) is 11.3. The van der Waals surface area contributed by atoms with Crippen molar-refractivity contribution in [2.24, 2.45) is 16.6 Å². The molecular formula is C25H30ClFN4O2. The molecular weight excluding hydrogens is 443 g/mol. The Bertz CT molecular complexity index is 1090. The predicted octanol–water partition coefficient (Wildman–Crippen LogP) is 4.82. The molecule has 3 rings (SSSR count). The molecule has 33 heavy (non-hydrogen) atoms. The van der Waals surface area contributed by atoms with Crippen molar-refractivity contribution < 1.29 is 14.0 Å². The Kier molecular flexibility index (Phi) is 7.42. The molecule has 0 aromatic heterocycles. The van der Waals surface area contributed by atoms with Crippen molar-refractivity contribution in [3.8, 4) is 0 Å². The van der Waals surface area contributed by atoms with Gasteiger partial charge in [-0.15, -0.1) is 0 Å². The maximum Gasteiger partial charge on any atom is 0.251 e. The Morgan fingerprint density at radius 3 is 2.64 bits per heavy atom. The van der Waals surface area contributed by atoms with E-state index in [-0.39, 0.29) is 36.4 Å². The Morgan fingerprint density at radius 2 is 2.00 bits per heavy atom. The van der Waals surface area contributed by atoms with Gasteiger partial charge in [-0.1, -0.05) is 37.6 Å². The first-order valence-electron chi connectivity index (χ1n) is 11.0. The molecule has 0 unspecified atom stereocenters. The smallest absolute Gasteiger partial charge is 0.251 e. The Balaban J connectivity index is 1.77. The number of nitrogens with one attached hydrogen (secondary N) is 1. The van der Waals surface area contributed by atoms with Gasteiger partial charge in [0.25, 0.3) is 5.91 Å². The molecule has 1 aliphatic rings. The molecule has 0 spiro atoms. The Labute approximate surface area is 199 Å². The van der Waals surface area contributed by atoms with Crippen molar-refractivity contribution in [3.05, 3.63) is 70.0 Å². The molecule has 3 N–H and O–H groups in total. The summed E-state index contributed by atoms with van der Waals surface area (Å²) in [5, 5.41) is 3.42. The van der Waals surface area contributed by atoms with Crippen LogP contribution in [0, 0.1) is 11.7 Å². The third-order valence-electron chi connectivity index (χ3n) is 5.60. The van der Waals surface area contributed by atoms with Gasteiger partial charge in [0.1, 0.15) is 5.82 Å². The molecule has 0 bridgehead atoms. The lowest BCUT2D eigenvalue weighted by atomic mass is 9.87. The lowest BCUT2D eigenvalue weighted by Crippen LogP contribution is -2.50. The largest absolute Gasteiger partial charge is 0.369 e. The fourth-order valence-corrected chi connectivity index (χ4v) is 4.49. The predicted molar refractivity (Wildman–Crippen MR) is 128 cm³/mol. The average molecular weight is 473 g/mol. The number of halogens is 2. The van der Waals surface area contributed by atoms with Crippen molar-refractivity contribution in [2.45, 2.75) is 58.7 Å². The SMILES string of the molecule is CC(C)C[C@]1(C)CC(=O)N(Cc2cc(F)cc(C(=O)N[C@@H](C)c3cccc(Cl)c3)c2)C(N)=N1. The summed E-state index contributed by atoms with van der Waals surface area (Å²) in [4.78, 5) is 31.5. The van der Waals surface area contributed by atoms with Gasteiger partial charge in [0.15, 0.2) is 5.96 Å². The van der Waals surface area contributed by atoms with E-state index in [4.69, 9.17) is 17.3 Å². The van der Waals surface area contributed by atoms with E-state index < -0.39 is 17.3 Å². The van der Waals surface area contributed by atoms with Gasteiger partial charge in [0.2, 0.25) is 5.91 Å². The topological polar surface area (TPSA) is 87.8 Å². The molecule has 2 aromatic rings. The van der Waals surface area contributed by atoms with Crippen LogP contribution in [0.15, 0.2) is 47.5 Å². The van der Waals surface area contributed by atoms with Crippen molar-refractivity contribution in [3.63, 3.8) is 0 Å². The van der Waals surface area contributed by atoms with Crippen LogP contribution in [0.5, 0.6) is 0 Å². The van der Waals surface area contributed by atoms with Crippen LogP contribution < -0.4 is 11.1 Å². The van der Waals surface area contributed by atoms with E-state index in [9.17, 15) is 14.0 Å². The van der Waals surface area contributed by atoms with E-state index in [0.717, 1.165) is 12.0 Å². The van der Waals surface area contributed by atoms with E-state index >= 15 is 0 Å². The van der Waals surface area contributed by atoms with Gasteiger partial charge in [-0.05, 0) is 67.6 Å². The molecule has 176 valence electrons. The maximum atomic E-state index is 14.4. The second kappa shape index (κ2) is 9.91. The van der Waals surface area contributed by atoms with Gasteiger partial charge >= 0.3 is 0 Å². The summed E-state index contributed by atoms with van der Waals surface area (Å²) in [6.45, 7) is 7.91. The summed E-state index contributed by atoms with van der Waals surface area (Å²) in [6.07, 6.45) is 0.966. The molecule has 2 aromatic carbocycles. The number of nitrogens with two attached hydrogens (primary N) is 1. The number of carbonyl (C=O) groups is 2. The number of benzene rings is 2. The van der Waals surface area contributed by atoms with E-state index in [1.165, 1.54) is 17.0 Å². The summed E-state index contributed by atoms with van der Waals surface area (Å²) < 4.78 is 14.4. The number of aliphatic imine (C=N–C) groups is 1. The molecule has 0 saturated heterocycles. The van der Waals surface area contributed by atoms with Crippen LogP contribution in [0.1, 0.15) is 68.1 Å². The molecule has 0 radical (unpaired) electrons. The lowest BCUT2D eigenvalue weighted by Gasteiger charge is -2.36. The Morgan fingerprint density at radius 1 is 1.27 bits per heavy atom.